The Hall–Kier alpha value is -0.870. The lowest BCUT2D eigenvalue weighted by atomic mass is 10.1. The van der Waals surface area contributed by atoms with Crippen LogP contribution in [0.15, 0.2) is 21.5 Å². The number of halogens is 1. The largest absolute Gasteiger partial charge is 0.316 e. The number of rotatable bonds is 6. The number of nitrogens with zero attached hydrogens (tertiary/aromatic N) is 1. The second-order valence-corrected chi connectivity index (χ2v) is 7.13. The van der Waals surface area contributed by atoms with Gasteiger partial charge in [0.1, 0.15) is 0 Å². The van der Waals surface area contributed by atoms with Crippen molar-refractivity contribution in [3.05, 3.63) is 27.7 Å². The molecule has 1 N–H and O–H groups in total. The van der Waals surface area contributed by atoms with Gasteiger partial charge in [0.05, 0.1) is 11.4 Å². The van der Waals surface area contributed by atoms with E-state index in [1.165, 1.54) is 4.31 Å². The van der Waals surface area contributed by atoms with Crippen LogP contribution in [0.2, 0.25) is 0 Å². The lowest BCUT2D eigenvalue weighted by molar-refractivity contribution is 0.463. The molecule has 0 aromatic heterocycles. The fraction of sp³-hybridized carbons (Fsp3) is 0.429. The predicted molar refractivity (Wildman–Crippen MR) is 84.9 cm³/mol. The van der Waals surface area contributed by atoms with Crippen molar-refractivity contribution in [2.75, 3.05) is 20.1 Å². The molecule has 0 atom stereocenters. The maximum atomic E-state index is 12.7. The van der Waals surface area contributed by atoms with Gasteiger partial charge in [0, 0.05) is 17.6 Å². The molecule has 0 bridgehead atoms. The summed E-state index contributed by atoms with van der Waals surface area (Å²) in [5.74, 6) is 2.39. The average molecular weight is 359 g/mol. The van der Waals surface area contributed by atoms with Crippen molar-refractivity contribution < 1.29 is 8.42 Å². The molecular weight excluding hydrogens is 340 g/mol. The maximum absolute atomic E-state index is 12.7. The molecule has 0 saturated heterocycles. The lowest BCUT2D eigenvalue weighted by Crippen LogP contribution is -2.32. The maximum Gasteiger partial charge on any atom is 0.244 e. The first kappa shape index (κ1) is 17.2. The van der Waals surface area contributed by atoms with Crippen LogP contribution < -0.4 is 5.32 Å². The van der Waals surface area contributed by atoms with E-state index >= 15 is 0 Å². The zero-order valence-corrected chi connectivity index (χ0v) is 14.3. The summed E-state index contributed by atoms with van der Waals surface area (Å²) < 4.78 is 27.4. The monoisotopic (exact) mass is 358 g/mol. The van der Waals surface area contributed by atoms with E-state index in [1.807, 2.05) is 13.1 Å². The van der Waals surface area contributed by atoms with Crippen LogP contribution in [0.4, 0.5) is 0 Å². The Bertz CT molecular complexity index is 621. The molecule has 0 heterocycles. The third-order valence-corrected chi connectivity index (χ3v) is 5.85. The Balaban J connectivity index is 3.40. The Morgan fingerprint density at radius 1 is 1.45 bits per heavy atom. The zero-order chi connectivity index (χ0) is 15.3. The smallest absolute Gasteiger partial charge is 0.244 e. The van der Waals surface area contributed by atoms with E-state index in [0.717, 1.165) is 10.0 Å². The summed E-state index contributed by atoms with van der Waals surface area (Å²) in [6.45, 7) is 4.58. The van der Waals surface area contributed by atoms with Crippen LogP contribution in [0.25, 0.3) is 0 Å². The van der Waals surface area contributed by atoms with Gasteiger partial charge in [-0.15, -0.1) is 6.42 Å². The second-order valence-electron chi connectivity index (χ2n) is 4.37. The fourth-order valence-corrected chi connectivity index (χ4v) is 4.19. The Morgan fingerprint density at radius 2 is 2.10 bits per heavy atom. The molecule has 1 aromatic rings. The van der Waals surface area contributed by atoms with Gasteiger partial charge in [-0.25, -0.2) is 8.42 Å². The zero-order valence-electron chi connectivity index (χ0n) is 11.9. The van der Waals surface area contributed by atoms with Gasteiger partial charge in [-0.05, 0) is 37.2 Å². The first-order valence-corrected chi connectivity index (χ1v) is 8.49. The molecule has 4 nitrogen and oxygen atoms in total. The normalized spacial score (nSPS) is 11.6. The van der Waals surface area contributed by atoms with Crippen molar-refractivity contribution in [2.24, 2.45) is 0 Å². The van der Waals surface area contributed by atoms with Gasteiger partial charge in [0.2, 0.25) is 10.0 Å². The van der Waals surface area contributed by atoms with Crippen LogP contribution in [0, 0.1) is 19.3 Å². The third kappa shape index (κ3) is 3.61. The summed E-state index contributed by atoms with van der Waals surface area (Å²) in [5, 5.41) is 3.02. The number of hydrogen-bond acceptors (Lipinski definition) is 3. The minimum absolute atomic E-state index is 0.0755. The van der Waals surface area contributed by atoms with E-state index in [2.05, 4.69) is 27.2 Å². The third-order valence-electron chi connectivity index (χ3n) is 2.98. The molecule has 0 aliphatic rings. The predicted octanol–water partition coefficient (Wildman–Crippen LogP) is 2.12. The van der Waals surface area contributed by atoms with Gasteiger partial charge in [-0.2, -0.15) is 4.31 Å². The summed E-state index contributed by atoms with van der Waals surface area (Å²) in [5.41, 5.74) is 1.60. The van der Waals surface area contributed by atoms with Gasteiger partial charge in [-0.3, -0.25) is 0 Å². The van der Waals surface area contributed by atoms with Crippen molar-refractivity contribution in [3.63, 3.8) is 0 Å². The summed E-state index contributed by atoms with van der Waals surface area (Å²) in [6.07, 6.45) is 5.25. The minimum atomic E-state index is -3.57. The molecule has 0 spiro atoms. The number of sulfonamides is 1. The molecule has 0 fully saturated rings. The minimum Gasteiger partial charge on any atom is -0.316 e. The summed E-state index contributed by atoms with van der Waals surface area (Å²) in [7, 11) is -1.76. The fourth-order valence-electron chi connectivity index (χ4n) is 1.89. The molecule has 1 aromatic carbocycles. The lowest BCUT2D eigenvalue weighted by Gasteiger charge is -2.20. The van der Waals surface area contributed by atoms with E-state index in [0.29, 0.717) is 23.5 Å². The highest BCUT2D eigenvalue weighted by Gasteiger charge is 2.25. The van der Waals surface area contributed by atoms with E-state index in [4.69, 9.17) is 6.42 Å². The van der Waals surface area contributed by atoms with E-state index in [9.17, 15) is 8.42 Å². The number of nitrogens with one attached hydrogen (secondary N) is 1. The Labute approximate surface area is 129 Å². The van der Waals surface area contributed by atoms with Crippen molar-refractivity contribution in [2.45, 2.75) is 25.3 Å². The quantitative estimate of drug-likeness (QED) is 0.792. The molecule has 1 rings (SSSR count). The van der Waals surface area contributed by atoms with Crippen LogP contribution in [0.3, 0.4) is 0 Å². The van der Waals surface area contributed by atoms with E-state index in [1.54, 1.807) is 19.9 Å². The van der Waals surface area contributed by atoms with Crippen LogP contribution in [-0.2, 0) is 16.6 Å². The molecule has 0 unspecified atom stereocenters. The van der Waals surface area contributed by atoms with Gasteiger partial charge < -0.3 is 5.32 Å². The van der Waals surface area contributed by atoms with Crippen LogP contribution in [0.5, 0.6) is 0 Å². The molecule has 0 aliphatic carbocycles. The molecule has 0 amide bonds. The molecule has 20 heavy (non-hydrogen) atoms. The summed E-state index contributed by atoms with van der Waals surface area (Å²) in [4.78, 5) is 0.300. The highest BCUT2D eigenvalue weighted by atomic mass is 79.9. The van der Waals surface area contributed by atoms with Crippen molar-refractivity contribution in [1.82, 2.24) is 9.62 Å². The van der Waals surface area contributed by atoms with Crippen LogP contribution >= 0.6 is 15.9 Å². The van der Waals surface area contributed by atoms with Crippen LogP contribution in [-0.4, -0.2) is 32.9 Å². The highest BCUT2D eigenvalue weighted by Crippen LogP contribution is 2.28. The highest BCUT2D eigenvalue weighted by molar-refractivity contribution is 9.10. The van der Waals surface area contributed by atoms with Gasteiger partial charge in [0.15, 0.2) is 0 Å². The van der Waals surface area contributed by atoms with Crippen molar-refractivity contribution in [1.29, 1.82) is 0 Å². The number of terminal acetylenes is 1. The van der Waals surface area contributed by atoms with E-state index in [-0.39, 0.29) is 6.54 Å². The van der Waals surface area contributed by atoms with Gasteiger partial charge >= 0.3 is 0 Å². The molecule has 110 valence electrons. The standard InChI is InChI=1S/C14H19BrN2O2S/c1-5-7-17(6-2)20(18,19)14-9-12(10-16-4)8-13(15)11(14)3/h1,8-9,16H,6-7,10H2,2-4H3. The Morgan fingerprint density at radius 3 is 2.60 bits per heavy atom. The average Bonchev–Trinajstić information content (AvgIpc) is 2.39. The summed E-state index contributed by atoms with van der Waals surface area (Å²) >= 11 is 3.42. The van der Waals surface area contributed by atoms with Gasteiger partial charge in [0.25, 0.3) is 0 Å². The van der Waals surface area contributed by atoms with Crippen LogP contribution in [0.1, 0.15) is 18.1 Å². The molecule has 0 radical (unpaired) electrons. The van der Waals surface area contributed by atoms with Gasteiger partial charge in [-0.1, -0.05) is 28.8 Å². The summed E-state index contributed by atoms with van der Waals surface area (Å²) in [6, 6.07) is 3.62. The first-order valence-electron chi connectivity index (χ1n) is 6.25. The topological polar surface area (TPSA) is 49.4 Å². The first-order chi connectivity index (χ1) is 9.38. The molecular formula is C14H19BrN2O2S. The molecule has 6 heteroatoms. The number of hydrogen-bond donors (Lipinski definition) is 1. The second kappa shape index (κ2) is 7.23. The SMILES string of the molecule is C#CCN(CC)S(=O)(=O)c1cc(CNC)cc(Br)c1C. The molecule has 0 saturated carbocycles. The van der Waals surface area contributed by atoms with Crippen molar-refractivity contribution in [3.8, 4) is 12.3 Å². The van der Waals surface area contributed by atoms with E-state index < -0.39 is 10.0 Å². The number of benzene rings is 1. The Kier molecular flexibility index (Phi) is 6.21. The van der Waals surface area contributed by atoms with Crippen molar-refractivity contribution >= 4 is 26.0 Å². The molecule has 0 aliphatic heterocycles.